The molecule has 0 spiro atoms. The van der Waals surface area contributed by atoms with E-state index in [1.165, 1.54) is 4.90 Å². The van der Waals surface area contributed by atoms with Crippen LogP contribution in [0.2, 0.25) is 0 Å². The van der Waals surface area contributed by atoms with Gasteiger partial charge in [-0.3, -0.25) is 4.90 Å². The van der Waals surface area contributed by atoms with E-state index in [4.69, 9.17) is 5.26 Å². The van der Waals surface area contributed by atoms with Crippen LogP contribution in [0.3, 0.4) is 0 Å². The third-order valence-electron chi connectivity index (χ3n) is 1.85. The van der Waals surface area contributed by atoms with E-state index in [0.717, 1.165) is 0 Å². The molecule has 0 radical (unpaired) electrons. The molecule has 82 valence electrons. The van der Waals surface area contributed by atoms with Gasteiger partial charge in [0.05, 0.1) is 12.6 Å². The Balaban J connectivity index is 3.98. The summed E-state index contributed by atoms with van der Waals surface area (Å²) in [7, 11) is 0. The molecule has 0 rings (SSSR count). The Bertz CT molecular complexity index is 193. The fourth-order valence-corrected chi connectivity index (χ4v) is 1.11. The summed E-state index contributed by atoms with van der Waals surface area (Å²) in [5, 5.41) is 8.26. The van der Waals surface area contributed by atoms with Crippen molar-refractivity contribution < 1.29 is 13.2 Å². The van der Waals surface area contributed by atoms with Crippen LogP contribution in [-0.2, 0) is 0 Å². The Labute approximate surface area is 82.3 Å². The van der Waals surface area contributed by atoms with Gasteiger partial charge in [0.2, 0.25) is 0 Å². The highest BCUT2D eigenvalue weighted by Crippen LogP contribution is 2.18. The number of halogens is 3. The quantitative estimate of drug-likeness (QED) is 0.649. The molecular weight excluding hydrogens is 193 g/mol. The summed E-state index contributed by atoms with van der Waals surface area (Å²) in [5.74, 6) is 0. The van der Waals surface area contributed by atoms with Crippen LogP contribution in [0.4, 0.5) is 13.2 Å². The third kappa shape index (κ3) is 6.72. The topological polar surface area (TPSA) is 27.0 Å². The summed E-state index contributed by atoms with van der Waals surface area (Å²) in [4.78, 5) is 1.33. The number of unbranched alkanes of at least 4 members (excludes halogenated alkanes) is 1. The minimum atomic E-state index is -4.16. The number of nitrogens with zero attached hydrogens (tertiary/aromatic N) is 2. The molecule has 0 unspecified atom stereocenters. The van der Waals surface area contributed by atoms with Crippen molar-refractivity contribution in [3.63, 3.8) is 0 Å². The van der Waals surface area contributed by atoms with E-state index < -0.39 is 12.7 Å². The largest absolute Gasteiger partial charge is 0.401 e. The number of nitriles is 1. The Kier molecular flexibility index (Phi) is 5.55. The average Bonchev–Trinajstić information content (AvgIpc) is 2.00. The predicted molar refractivity (Wildman–Crippen MR) is 47.6 cm³/mol. The molecule has 5 heteroatoms. The zero-order valence-corrected chi connectivity index (χ0v) is 8.43. The molecule has 0 fully saturated rings. The standard InChI is InChI=1S/C9H15F3N2/c1-8(2)14(6-4-3-5-13)7-9(10,11)12/h8H,3-4,6-7H2,1-2H3. The third-order valence-corrected chi connectivity index (χ3v) is 1.85. The predicted octanol–water partition coefficient (Wildman–Crippen LogP) is 2.56. The number of alkyl halides is 3. The second-order valence-electron chi connectivity index (χ2n) is 3.44. The molecular formula is C9H15F3N2. The van der Waals surface area contributed by atoms with Gasteiger partial charge in [-0.15, -0.1) is 0 Å². The van der Waals surface area contributed by atoms with Crippen LogP contribution in [0, 0.1) is 11.3 Å². The van der Waals surface area contributed by atoms with Gasteiger partial charge >= 0.3 is 6.18 Å². The highest BCUT2D eigenvalue weighted by atomic mass is 19.4. The lowest BCUT2D eigenvalue weighted by molar-refractivity contribution is -0.149. The Morgan fingerprint density at radius 2 is 1.93 bits per heavy atom. The normalized spacial score (nSPS) is 12.1. The van der Waals surface area contributed by atoms with Crippen molar-refractivity contribution in [3.8, 4) is 6.07 Å². The van der Waals surface area contributed by atoms with Crippen molar-refractivity contribution >= 4 is 0 Å². The van der Waals surface area contributed by atoms with Crippen molar-refractivity contribution in [2.75, 3.05) is 13.1 Å². The molecule has 0 saturated heterocycles. The molecule has 0 bridgehead atoms. The number of rotatable bonds is 5. The highest BCUT2D eigenvalue weighted by Gasteiger charge is 2.31. The first kappa shape index (κ1) is 13.2. The Morgan fingerprint density at radius 3 is 2.29 bits per heavy atom. The summed E-state index contributed by atoms with van der Waals surface area (Å²) in [6, 6.07) is 1.77. The van der Waals surface area contributed by atoms with Crippen LogP contribution in [0.5, 0.6) is 0 Å². The van der Waals surface area contributed by atoms with Crippen LogP contribution in [-0.4, -0.2) is 30.2 Å². The molecule has 0 atom stereocenters. The van der Waals surface area contributed by atoms with Crippen molar-refractivity contribution in [2.45, 2.75) is 38.9 Å². The second kappa shape index (κ2) is 5.86. The van der Waals surface area contributed by atoms with Gasteiger partial charge in [-0.1, -0.05) is 0 Å². The van der Waals surface area contributed by atoms with E-state index in [1.807, 2.05) is 6.07 Å². The average molecular weight is 208 g/mol. The van der Waals surface area contributed by atoms with Crippen LogP contribution in [0.25, 0.3) is 0 Å². The molecule has 0 aromatic rings. The zero-order valence-electron chi connectivity index (χ0n) is 8.43. The maximum absolute atomic E-state index is 12.1. The SMILES string of the molecule is CC(C)N(CCCC#N)CC(F)(F)F. The summed E-state index contributed by atoms with van der Waals surface area (Å²) in [6.45, 7) is 2.87. The van der Waals surface area contributed by atoms with Crippen molar-refractivity contribution in [1.82, 2.24) is 4.90 Å². The van der Waals surface area contributed by atoms with Gasteiger partial charge in [0.25, 0.3) is 0 Å². The van der Waals surface area contributed by atoms with Gasteiger partial charge in [-0.25, -0.2) is 0 Å². The lowest BCUT2D eigenvalue weighted by Gasteiger charge is -2.26. The highest BCUT2D eigenvalue weighted by molar-refractivity contribution is 4.72. The molecule has 0 N–H and O–H groups in total. The Hall–Kier alpha value is -0.760. The zero-order chi connectivity index (χ0) is 11.2. The summed E-state index contributed by atoms with van der Waals surface area (Å²) >= 11 is 0. The van der Waals surface area contributed by atoms with Gasteiger partial charge in [0.15, 0.2) is 0 Å². The minimum absolute atomic E-state index is 0.143. The molecule has 0 aliphatic rings. The number of hydrogen-bond donors (Lipinski definition) is 0. The first-order valence-corrected chi connectivity index (χ1v) is 4.54. The molecule has 14 heavy (non-hydrogen) atoms. The van der Waals surface area contributed by atoms with E-state index >= 15 is 0 Å². The van der Waals surface area contributed by atoms with E-state index in [9.17, 15) is 13.2 Å². The molecule has 0 aromatic heterocycles. The summed E-state index contributed by atoms with van der Waals surface area (Å²) in [5.41, 5.74) is 0. The fraction of sp³-hybridized carbons (Fsp3) is 0.889. The van der Waals surface area contributed by atoms with Gasteiger partial charge in [-0.2, -0.15) is 18.4 Å². The summed E-state index contributed by atoms with van der Waals surface area (Å²) in [6.07, 6.45) is -3.36. The molecule has 0 heterocycles. The van der Waals surface area contributed by atoms with Crippen LogP contribution in [0.15, 0.2) is 0 Å². The lowest BCUT2D eigenvalue weighted by Crippen LogP contribution is -2.39. The smallest absolute Gasteiger partial charge is 0.293 e. The maximum Gasteiger partial charge on any atom is 0.401 e. The molecule has 0 aliphatic heterocycles. The van der Waals surface area contributed by atoms with Crippen molar-refractivity contribution in [3.05, 3.63) is 0 Å². The lowest BCUT2D eigenvalue weighted by atomic mass is 10.2. The van der Waals surface area contributed by atoms with E-state index in [-0.39, 0.29) is 6.04 Å². The van der Waals surface area contributed by atoms with Crippen LogP contribution >= 0.6 is 0 Å². The molecule has 2 nitrogen and oxygen atoms in total. The first-order valence-electron chi connectivity index (χ1n) is 4.54. The summed E-state index contributed by atoms with van der Waals surface area (Å²) < 4.78 is 36.2. The van der Waals surface area contributed by atoms with Crippen LogP contribution in [0.1, 0.15) is 26.7 Å². The van der Waals surface area contributed by atoms with E-state index in [0.29, 0.717) is 19.4 Å². The van der Waals surface area contributed by atoms with Gasteiger partial charge in [-0.05, 0) is 26.8 Å². The van der Waals surface area contributed by atoms with Gasteiger partial charge in [0, 0.05) is 12.5 Å². The van der Waals surface area contributed by atoms with Crippen molar-refractivity contribution in [1.29, 1.82) is 5.26 Å². The molecule has 0 amide bonds. The fourth-order valence-electron chi connectivity index (χ4n) is 1.11. The van der Waals surface area contributed by atoms with Gasteiger partial charge < -0.3 is 0 Å². The molecule has 0 aromatic carbocycles. The van der Waals surface area contributed by atoms with E-state index in [2.05, 4.69) is 0 Å². The number of hydrogen-bond acceptors (Lipinski definition) is 2. The van der Waals surface area contributed by atoms with Crippen LogP contribution < -0.4 is 0 Å². The Morgan fingerprint density at radius 1 is 1.36 bits per heavy atom. The molecule has 0 saturated carbocycles. The van der Waals surface area contributed by atoms with E-state index in [1.54, 1.807) is 13.8 Å². The van der Waals surface area contributed by atoms with Gasteiger partial charge in [0.1, 0.15) is 0 Å². The second-order valence-corrected chi connectivity index (χ2v) is 3.44. The minimum Gasteiger partial charge on any atom is -0.293 e. The monoisotopic (exact) mass is 208 g/mol. The first-order chi connectivity index (χ1) is 6.37. The van der Waals surface area contributed by atoms with Crippen molar-refractivity contribution in [2.24, 2.45) is 0 Å². The molecule has 0 aliphatic carbocycles. The maximum atomic E-state index is 12.1.